The normalized spacial score (nSPS) is 12.5. The maximum atomic E-state index is 14.2. The third kappa shape index (κ3) is 2.93. The molecule has 0 radical (unpaired) electrons. The maximum Gasteiger partial charge on any atom is 0.227 e. The van der Waals surface area contributed by atoms with Gasteiger partial charge < -0.3 is 15.5 Å². The predicted molar refractivity (Wildman–Crippen MR) is 85.2 cm³/mol. The Morgan fingerprint density at radius 1 is 1.39 bits per heavy atom. The van der Waals surface area contributed by atoms with E-state index in [1.165, 1.54) is 6.07 Å². The summed E-state index contributed by atoms with van der Waals surface area (Å²) >= 11 is 5.73. The number of aromatic nitrogens is 3. The molecule has 0 bridgehead atoms. The van der Waals surface area contributed by atoms with Gasteiger partial charge in [0.05, 0.1) is 17.2 Å². The molecule has 0 aliphatic carbocycles. The lowest BCUT2D eigenvalue weighted by molar-refractivity contribution is 0.208. The van der Waals surface area contributed by atoms with Crippen molar-refractivity contribution >= 4 is 23.1 Å². The average molecular weight is 337 g/mol. The smallest absolute Gasteiger partial charge is 0.227 e. The second-order valence-corrected chi connectivity index (χ2v) is 5.58. The highest BCUT2D eigenvalue weighted by atomic mass is 35.5. The lowest BCUT2D eigenvalue weighted by Crippen LogP contribution is -2.18. The number of hydrogen-bond acceptors (Lipinski definition) is 5. The molecular formula is C15H14ClFN4O2. The molecule has 1 unspecified atom stereocenters. The molecular weight excluding hydrogens is 323 g/mol. The minimum atomic E-state index is -0.683. The molecule has 1 atom stereocenters. The Labute approximate surface area is 136 Å². The average Bonchev–Trinajstić information content (AvgIpc) is 2.94. The Kier molecular flexibility index (Phi) is 4.06. The Balaban J connectivity index is 2.14. The first-order valence-electron chi connectivity index (χ1n) is 6.91. The van der Waals surface area contributed by atoms with E-state index >= 15 is 0 Å². The van der Waals surface area contributed by atoms with E-state index < -0.39 is 11.9 Å². The van der Waals surface area contributed by atoms with Gasteiger partial charge in [0.15, 0.2) is 0 Å². The molecule has 2 aromatic heterocycles. The number of halogens is 2. The van der Waals surface area contributed by atoms with Crippen LogP contribution in [0.2, 0.25) is 5.02 Å². The van der Waals surface area contributed by atoms with Crippen molar-refractivity contribution in [3.8, 4) is 17.0 Å². The Morgan fingerprint density at radius 3 is 2.87 bits per heavy atom. The summed E-state index contributed by atoms with van der Waals surface area (Å²) in [6, 6.07) is 5.84. The number of benzene rings is 1. The largest absolute Gasteiger partial charge is 0.507 e. The highest BCUT2D eigenvalue weighted by Gasteiger charge is 2.18. The zero-order chi connectivity index (χ0) is 16.6. The van der Waals surface area contributed by atoms with Crippen molar-refractivity contribution in [2.75, 3.05) is 11.9 Å². The zero-order valence-electron chi connectivity index (χ0n) is 12.2. The van der Waals surface area contributed by atoms with Crippen molar-refractivity contribution in [1.29, 1.82) is 0 Å². The SMILES string of the molecule is CC(O)CNc1nnc(-c2c(O)cc(Cl)cc2F)c2cccn12. The van der Waals surface area contributed by atoms with E-state index in [0.717, 1.165) is 6.07 Å². The van der Waals surface area contributed by atoms with Gasteiger partial charge in [0.2, 0.25) is 5.95 Å². The van der Waals surface area contributed by atoms with Gasteiger partial charge in [-0.15, -0.1) is 10.2 Å². The van der Waals surface area contributed by atoms with Crippen LogP contribution >= 0.6 is 11.6 Å². The topological polar surface area (TPSA) is 82.7 Å². The molecule has 6 nitrogen and oxygen atoms in total. The fourth-order valence-electron chi connectivity index (χ4n) is 2.29. The number of phenols is 1. The van der Waals surface area contributed by atoms with Crippen LogP contribution in [0.1, 0.15) is 6.92 Å². The number of aliphatic hydroxyl groups excluding tert-OH is 1. The van der Waals surface area contributed by atoms with E-state index in [-0.39, 0.29) is 22.0 Å². The van der Waals surface area contributed by atoms with Crippen LogP contribution in [0.4, 0.5) is 10.3 Å². The lowest BCUT2D eigenvalue weighted by Gasteiger charge is -2.12. The van der Waals surface area contributed by atoms with E-state index in [1.54, 1.807) is 29.7 Å². The van der Waals surface area contributed by atoms with Gasteiger partial charge in [0, 0.05) is 17.8 Å². The summed E-state index contributed by atoms with van der Waals surface area (Å²) in [5.41, 5.74) is 0.696. The number of anilines is 1. The summed E-state index contributed by atoms with van der Waals surface area (Å²) in [6.07, 6.45) is 1.17. The monoisotopic (exact) mass is 336 g/mol. The first kappa shape index (κ1) is 15.5. The number of fused-ring (bicyclic) bond motifs is 1. The highest BCUT2D eigenvalue weighted by Crippen LogP contribution is 2.35. The van der Waals surface area contributed by atoms with E-state index in [9.17, 15) is 14.6 Å². The molecule has 1 aromatic carbocycles. The first-order chi connectivity index (χ1) is 11.0. The van der Waals surface area contributed by atoms with E-state index in [4.69, 9.17) is 11.6 Å². The van der Waals surface area contributed by atoms with E-state index in [2.05, 4.69) is 15.5 Å². The molecule has 8 heteroatoms. The number of aromatic hydroxyl groups is 1. The number of phenolic OH excluding ortho intramolecular Hbond substituents is 1. The highest BCUT2D eigenvalue weighted by molar-refractivity contribution is 6.30. The van der Waals surface area contributed by atoms with Crippen molar-refractivity contribution < 1.29 is 14.6 Å². The molecule has 0 saturated heterocycles. The van der Waals surface area contributed by atoms with Gasteiger partial charge in [-0.1, -0.05) is 11.6 Å². The third-order valence-corrected chi connectivity index (χ3v) is 3.51. The lowest BCUT2D eigenvalue weighted by atomic mass is 10.1. The molecule has 0 aliphatic rings. The van der Waals surface area contributed by atoms with Crippen LogP contribution in [0.3, 0.4) is 0 Å². The quantitative estimate of drug-likeness (QED) is 0.682. The van der Waals surface area contributed by atoms with E-state index in [1.807, 2.05) is 0 Å². The molecule has 23 heavy (non-hydrogen) atoms. The second-order valence-electron chi connectivity index (χ2n) is 5.15. The minimum Gasteiger partial charge on any atom is -0.507 e. The number of aliphatic hydroxyl groups is 1. The fourth-order valence-corrected chi connectivity index (χ4v) is 2.49. The van der Waals surface area contributed by atoms with Crippen molar-refractivity contribution in [3.63, 3.8) is 0 Å². The number of rotatable bonds is 4. The minimum absolute atomic E-state index is 0.0623. The van der Waals surface area contributed by atoms with Crippen molar-refractivity contribution in [2.24, 2.45) is 0 Å². The maximum absolute atomic E-state index is 14.2. The molecule has 3 rings (SSSR count). The van der Waals surface area contributed by atoms with E-state index in [0.29, 0.717) is 18.0 Å². The molecule has 0 aliphatic heterocycles. The van der Waals surface area contributed by atoms with Gasteiger partial charge in [0.25, 0.3) is 0 Å². The van der Waals surface area contributed by atoms with Gasteiger partial charge in [-0.05, 0) is 31.2 Å². The van der Waals surface area contributed by atoms with Crippen LogP contribution in [0, 0.1) is 5.82 Å². The third-order valence-electron chi connectivity index (χ3n) is 3.29. The van der Waals surface area contributed by atoms with Crippen LogP contribution in [-0.2, 0) is 0 Å². The van der Waals surface area contributed by atoms with Crippen LogP contribution in [0.5, 0.6) is 5.75 Å². The molecule has 3 N–H and O–H groups in total. The molecule has 0 amide bonds. The standard InChI is InChI=1S/C15H14ClFN4O2/c1-8(22)7-18-15-20-19-14(11-3-2-4-21(11)15)13-10(17)5-9(16)6-12(13)23/h2-6,8,22-23H,7H2,1H3,(H,18,20). The van der Waals surface area contributed by atoms with Crippen LogP contribution in [0.25, 0.3) is 16.8 Å². The second kappa shape index (κ2) is 6.02. The van der Waals surface area contributed by atoms with Crippen LogP contribution in [0.15, 0.2) is 30.5 Å². The summed E-state index contributed by atoms with van der Waals surface area (Å²) in [5.74, 6) is -0.585. The van der Waals surface area contributed by atoms with Crippen LogP contribution in [-0.4, -0.2) is 37.5 Å². The van der Waals surface area contributed by atoms with Gasteiger partial charge in [-0.25, -0.2) is 4.39 Å². The van der Waals surface area contributed by atoms with Gasteiger partial charge in [-0.2, -0.15) is 0 Å². The Morgan fingerprint density at radius 2 is 2.17 bits per heavy atom. The summed E-state index contributed by atoms with van der Waals surface area (Å²) in [7, 11) is 0. The summed E-state index contributed by atoms with van der Waals surface area (Å²) in [4.78, 5) is 0. The summed E-state index contributed by atoms with van der Waals surface area (Å²) in [6.45, 7) is 1.94. The molecule has 2 heterocycles. The number of nitrogens with one attached hydrogen (secondary N) is 1. The summed E-state index contributed by atoms with van der Waals surface area (Å²) in [5, 5.41) is 30.5. The Bertz CT molecular complexity index is 843. The first-order valence-corrected chi connectivity index (χ1v) is 7.29. The van der Waals surface area contributed by atoms with Gasteiger partial charge >= 0.3 is 0 Å². The van der Waals surface area contributed by atoms with Crippen molar-refractivity contribution in [2.45, 2.75) is 13.0 Å². The molecule has 0 saturated carbocycles. The predicted octanol–water partition coefficient (Wildman–Crippen LogP) is 2.69. The van der Waals surface area contributed by atoms with Crippen LogP contribution < -0.4 is 5.32 Å². The number of hydrogen-bond donors (Lipinski definition) is 3. The van der Waals surface area contributed by atoms with Gasteiger partial charge in [0.1, 0.15) is 17.3 Å². The molecule has 3 aromatic rings. The van der Waals surface area contributed by atoms with Crippen molar-refractivity contribution in [3.05, 3.63) is 41.3 Å². The Hall–Kier alpha value is -2.38. The molecule has 0 spiro atoms. The fraction of sp³-hybridized carbons (Fsp3) is 0.200. The van der Waals surface area contributed by atoms with Crippen molar-refractivity contribution in [1.82, 2.24) is 14.6 Å². The zero-order valence-corrected chi connectivity index (χ0v) is 12.9. The molecule has 120 valence electrons. The number of nitrogens with zero attached hydrogens (tertiary/aromatic N) is 3. The molecule has 0 fully saturated rings. The van der Waals surface area contributed by atoms with Gasteiger partial charge in [-0.3, -0.25) is 4.40 Å². The summed E-state index contributed by atoms with van der Waals surface area (Å²) < 4.78 is 15.9.